The van der Waals surface area contributed by atoms with Crippen LogP contribution in [0, 0.1) is 12.7 Å². The minimum absolute atomic E-state index is 0.0725. The maximum atomic E-state index is 14.2. The minimum Gasteiger partial charge on any atom is -0.366 e. The average molecular weight is 444 g/mol. The van der Waals surface area contributed by atoms with E-state index >= 15 is 0 Å². The summed E-state index contributed by atoms with van der Waals surface area (Å²) in [5.41, 5.74) is 4.78. The molecule has 4 aromatic rings. The largest absolute Gasteiger partial charge is 0.366 e. The zero-order chi connectivity index (χ0) is 22.9. The first-order valence-electron chi connectivity index (χ1n) is 11.1. The van der Waals surface area contributed by atoms with Crippen LogP contribution in [0.4, 0.5) is 10.1 Å². The van der Waals surface area contributed by atoms with Gasteiger partial charge in [0, 0.05) is 39.4 Å². The zero-order valence-corrected chi connectivity index (χ0v) is 18.8. The lowest BCUT2D eigenvalue weighted by atomic mass is 10.2. The Labute approximate surface area is 192 Å². The number of para-hydroxylation sites is 1. The van der Waals surface area contributed by atoms with Crippen LogP contribution < -0.4 is 4.90 Å². The van der Waals surface area contributed by atoms with Crippen molar-refractivity contribution < 1.29 is 9.18 Å². The summed E-state index contributed by atoms with van der Waals surface area (Å²) in [4.78, 5) is 17.4. The molecule has 1 aliphatic rings. The standard InChI is InChI=1S/C26H26FN5O/c1-19-9-11-20(12-10-19)32-25(18-22(28-32)24-8-5-13-29(24)2)26(33)31-16-14-30(15-17-31)23-7-4-3-6-21(23)27/h3-13,18H,14-17H2,1-2H3. The minimum atomic E-state index is -0.234. The highest BCUT2D eigenvalue weighted by Gasteiger charge is 2.27. The van der Waals surface area contributed by atoms with E-state index in [9.17, 15) is 9.18 Å². The average Bonchev–Trinajstić information content (AvgIpc) is 3.46. The predicted octanol–water partition coefficient (Wildman–Crippen LogP) is 4.29. The van der Waals surface area contributed by atoms with Gasteiger partial charge in [0.05, 0.1) is 17.1 Å². The summed E-state index contributed by atoms with van der Waals surface area (Å²) in [6, 6.07) is 20.6. The predicted molar refractivity (Wildman–Crippen MR) is 127 cm³/mol. The maximum absolute atomic E-state index is 14.2. The molecule has 1 saturated heterocycles. The van der Waals surface area contributed by atoms with Crippen LogP contribution in [0.3, 0.4) is 0 Å². The van der Waals surface area contributed by atoms with Gasteiger partial charge in [-0.3, -0.25) is 4.79 Å². The van der Waals surface area contributed by atoms with Crippen LogP contribution >= 0.6 is 0 Å². The van der Waals surface area contributed by atoms with Crippen LogP contribution in [0.15, 0.2) is 72.9 Å². The first-order valence-corrected chi connectivity index (χ1v) is 11.1. The van der Waals surface area contributed by atoms with E-state index in [0.29, 0.717) is 37.6 Å². The third kappa shape index (κ3) is 4.02. The van der Waals surface area contributed by atoms with Crippen LogP contribution in [-0.2, 0) is 7.05 Å². The van der Waals surface area contributed by atoms with Crippen molar-refractivity contribution in [2.75, 3.05) is 31.1 Å². The highest BCUT2D eigenvalue weighted by Crippen LogP contribution is 2.25. The van der Waals surface area contributed by atoms with Crippen molar-refractivity contribution in [1.82, 2.24) is 19.2 Å². The van der Waals surface area contributed by atoms with Gasteiger partial charge in [0.1, 0.15) is 17.2 Å². The molecular weight excluding hydrogens is 417 g/mol. The van der Waals surface area contributed by atoms with Crippen LogP contribution in [0.1, 0.15) is 16.1 Å². The second-order valence-corrected chi connectivity index (χ2v) is 8.40. The Balaban J connectivity index is 1.44. The molecule has 0 saturated carbocycles. The summed E-state index contributed by atoms with van der Waals surface area (Å²) in [7, 11) is 1.96. The van der Waals surface area contributed by atoms with Gasteiger partial charge in [0.15, 0.2) is 0 Å². The number of aromatic nitrogens is 3. The van der Waals surface area contributed by atoms with E-state index < -0.39 is 0 Å². The molecule has 0 spiro atoms. The quantitative estimate of drug-likeness (QED) is 0.473. The SMILES string of the molecule is Cc1ccc(-n2nc(-c3cccn3C)cc2C(=O)N2CCN(c3ccccc3F)CC2)cc1. The lowest BCUT2D eigenvalue weighted by molar-refractivity contribution is 0.0737. The van der Waals surface area contributed by atoms with E-state index in [1.54, 1.807) is 16.8 Å². The van der Waals surface area contributed by atoms with Gasteiger partial charge in [0.25, 0.3) is 5.91 Å². The summed E-state index contributed by atoms with van der Waals surface area (Å²) in [6.07, 6.45) is 1.96. The van der Waals surface area contributed by atoms with Crippen molar-refractivity contribution in [1.29, 1.82) is 0 Å². The summed E-state index contributed by atoms with van der Waals surface area (Å²) in [6.45, 7) is 4.23. The molecular formula is C26H26FN5O. The van der Waals surface area contributed by atoms with Crippen LogP contribution in [0.25, 0.3) is 17.1 Å². The summed E-state index contributed by atoms with van der Waals surface area (Å²) < 4.78 is 17.9. The number of hydrogen-bond acceptors (Lipinski definition) is 3. The fourth-order valence-corrected chi connectivity index (χ4v) is 4.29. The third-order valence-electron chi connectivity index (χ3n) is 6.17. The molecule has 3 heterocycles. The molecule has 7 heteroatoms. The number of anilines is 1. The summed E-state index contributed by atoms with van der Waals surface area (Å²) >= 11 is 0. The fraction of sp³-hybridized carbons (Fsp3) is 0.231. The van der Waals surface area contributed by atoms with Crippen molar-refractivity contribution in [2.45, 2.75) is 6.92 Å². The topological polar surface area (TPSA) is 46.3 Å². The van der Waals surface area contributed by atoms with Crippen molar-refractivity contribution in [3.05, 3.63) is 90.0 Å². The first kappa shape index (κ1) is 21.0. The second-order valence-electron chi connectivity index (χ2n) is 8.40. The molecule has 0 bridgehead atoms. The molecule has 1 fully saturated rings. The Morgan fingerprint density at radius 2 is 1.67 bits per heavy atom. The van der Waals surface area contributed by atoms with E-state index in [0.717, 1.165) is 22.6 Å². The number of benzene rings is 2. The lowest BCUT2D eigenvalue weighted by Gasteiger charge is -2.36. The van der Waals surface area contributed by atoms with E-state index in [1.807, 2.05) is 83.1 Å². The van der Waals surface area contributed by atoms with Crippen molar-refractivity contribution in [3.63, 3.8) is 0 Å². The Kier molecular flexibility index (Phi) is 5.46. The first-order chi connectivity index (χ1) is 16.0. The molecule has 0 radical (unpaired) electrons. The molecule has 2 aromatic heterocycles. The number of carbonyl (C=O) groups excluding carboxylic acids is 1. The monoisotopic (exact) mass is 443 g/mol. The molecule has 1 aliphatic heterocycles. The molecule has 0 aliphatic carbocycles. The Morgan fingerprint density at radius 3 is 2.33 bits per heavy atom. The van der Waals surface area contributed by atoms with E-state index in [2.05, 4.69) is 0 Å². The van der Waals surface area contributed by atoms with Gasteiger partial charge in [0.2, 0.25) is 0 Å². The van der Waals surface area contributed by atoms with Gasteiger partial charge >= 0.3 is 0 Å². The highest BCUT2D eigenvalue weighted by molar-refractivity contribution is 5.94. The van der Waals surface area contributed by atoms with E-state index in [4.69, 9.17) is 5.10 Å². The van der Waals surface area contributed by atoms with Gasteiger partial charge in [-0.1, -0.05) is 29.8 Å². The van der Waals surface area contributed by atoms with E-state index in [-0.39, 0.29) is 11.7 Å². The number of nitrogens with zero attached hydrogens (tertiary/aromatic N) is 5. The molecule has 0 unspecified atom stereocenters. The molecule has 1 amide bonds. The van der Waals surface area contributed by atoms with E-state index in [1.165, 1.54) is 6.07 Å². The lowest BCUT2D eigenvalue weighted by Crippen LogP contribution is -2.49. The van der Waals surface area contributed by atoms with Gasteiger partial charge in [-0.2, -0.15) is 5.10 Å². The number of rotatable bonds is 4. The fourth-order valence-electron chi connectivity index (χ4n) is 4.29. The number of piperazine rings is 1. The van der Waals surface area contributed by atoms with Gasteiger partial charge < -0.3 is 14.4 Å². The number of carbonyl (C=O) groups is 1. The van der Waals surface area contributed by atoms with Crippen molar-refractivity contribution in [3.8, 4) is 17.1 Å². The molecule has 168 valence electrons. The highest BCUT2D eigenvalue weighted by atomic mass is 19.1. The van der Waals surface area contributed by atoms with Crippen molar-refractivity contribution >= 4 is 11.6 Å². The molecule has 33 heavy (non-hydrogen) atoms. The Hall–Kier alpha value is -3.87. The summed E-state index contributed by atoms with van der Waals surface area (Å²) in [5.74, 6) is -0.307. The molecule has 6 nitrogen and oxygen atoms in total. The smallest absolute Gasteiger partial charge is 0.272 e. The van der Waals surface area contributed by atoms with Crippen LogP contribution in [0.2, 0.25) is 0 Å². The van der Waals surface area contributed by atoms with Crippen LogP contribution in [-0.4, -0.2) is 51.3 Å². The zero-order valence-electron chi connectivity index (χ0n) is 18.8. The number of hydrogen-bond donors (Lipinski definition) is 0. The summed E-state index contributed by atoms with van der Waals surface area (Å²) in [5, 5.41) is 4.79. The number of amides is 1. The normalized spacial score (nSPS) is 14.0. The molecule has 2 aromatic carbocycles. The molecule has 0 N–H and O–H groups in total. The maximum Gasteiger partial charge on any atom is 0.272 e. The Morgan fingerprint density at radius 1 is 0.939 bits per heavy atom. The van der Waals surface area contributed by atoms with Gasteiger partial charge in [-0.25, -0.2) is 9.07 Å². The Bertz CT molecular complexity index is 1280. The second kappa shape index (κ2) is 8.58. The molecule has 5 rings (SSSR count). The number of aryl methyl sites for hydroxylation is 2. The molecule has 0 atom stereocenters. The van der Waals surface area contributed by atoms with Gasteiger partial charge in [-0.15, -0.1) is 0 Å². The van der Waals surface area contributed by atoms with Crippen molar-refractivity contribution in [2.24, 2.45) is 7.05 Å². The third-order valence-corrected chi connectivity index (χ3v) is 6.17. The van der Waals surface area contributed by atoms with Gasteiger partial charge in [-0.05, 0) is 49.4 Å². The number of halogens is 1. The van der Waals surface area contributed by atoms with Crippen LogP contribution in [0.5, 0.6) is 0 Å².